The first-order valence-corrected chi connectivity index (χ1v) is 5.89. The van der Waals surface area contributed by atoms with Crippen LogP contribution in [0.5, 0.6) is 0 Å². The van der Waals surface area contributed by atoms with Gasteiger partial charge in [0, 0.05) is 4.90 Å². The minimum Gasteiger partial charge on any atom is -0.324 e. The van der Waals surface area contributed by atoms with Gasteiger partial charge in [-0.05, 0) is 37.1 Å². The van der Waals surface area contributed by atoms with Crippen molar-refractivity contribution in [3.8, 4) is 0 Å². The van der Waals surface area contributed by atoms with Crippen molar-refractivity contribution < 1.29 is 4.79 Å². The van der Waals surface area contributed by atoms with E-state index in [2.05, 4.69) is 30.4 Å². The van der Waals surface area contributed by atoms with E-state index >= 15 is 0 Å². The predicted octanol–water partition coefficient (Wildman–Crippen LogP) is 3.15. The molecule has 0 radical (unpaired) electrons. The maximum atomic E-state index is 11.2. The molecule has 1 amide bonds. The zero-order chi connectivity index (χ0) is 10.8. The Hall–Kier alpha value is -1.22. The van der Waals surface area contributed by atoms with E-state index in [1.54, 1.807) is 11.8 Å². The molecule has 1 heterocycles. The zero-order valence-corrected chi connectivity index (χ0v) is 9.65. The Bertz CT molecular complexity index is 437. The molecule has 15 heavy (non-hydrogen) atoms. The Morgan fingerprint density at radius 2 is 2.33 bits per heavy atom. The molecule has 1 aliphatic heterocycles. The summed E-state index contributed by atoms with van der Waals surface area (Å²) in [5.74, 6) is 0.609. The van der Waals surface area contributed by atoms with Crippen molar-refractivity contribution in [1.29, 1.82) is 0 Å². The molecule has 0 unspecified atom stereocenters. The lowest BCUT2D eigenvalue weighted by Gasteiger charge is -2.17. The molecular weight excluding hydrogens is 206 g/mol. The van der Waals surface area contributed by atoms with Crippen molar-refractivity contribution in [2.45, 2.75) is 18.7 Å². The SMILES string of the molecule is CC=C(C)c1ccc2c(c1)NC(=O)CS2. The Kier molecular flexibility index (Phi) is 2.82. The molecule has 0 aromatic heterocycles. The average molecular weight is 219 g/mol. The molecule has 1 aromatic carbocycles. The first-order valence-electron chi connectivity index (χ1n) is 4.90. The number of thioether (sulfide) groups is 1. The van der Waals surface area contributed by atoms with E-state index in [9.17, 15) is 4.79 Å². The second-order valence-electron chi connectivity index (χ2n) is 3.52. The molecule has 0 saturated carbocycles. The molecule has 78 valence electrons. The highest BCUT2D eigenvalue weighted by Crippen LogP contribution is 2.33. The van der Waals surface area contributed by atoms with Crippen LogP contribution < -0.4 is 5.32 Å². The summed E-state index contributed by atoms with van der Waals surface area (Å²) in [4.78, 5) is 12.4. The fraction of sp³-hybridized carbons (Fsp3) is 0.250. The van der Waals surface area contributed by atoms with Gasteiger partial charge in [0.15, 0.2) is 0 Å². The van der Waals surface area contributed by atoms with E-state index < -0.39 is 0 Å². The molecular formula is C12H13NOS. The van der Waals surface area contributed by atoms with Crippen molar-refractivity contribution >= 4 is 28.9 Å². The Labute approximate surface area is 93.8 Å². The Morgan fingerprint density at radius 1 is 1.53 bits per heavy atom. The third-order valence-corrected chi connectivity index (χ3v) is 3.57. The lowest BCUT2D eigenvalue weighted by molar-refractivity contribution is -0.113. The normalized spacial score (nSPS) is 15.9. The number of allylic oxidation sites excluding steroid dienone is 2. The number of hydrogen-bond donors (Lipinski definition) is 1. The molecule has 1 aromatic rings. The number of amides is 1. The van der Waals surface area contributed by atoms with Gasteiger partial charge in [0.2, 0.25) is 5.91 Å². The fourth-order valence-corrected chi connectivity index (χ4v) is 2.28. The second-order valence-corrected chi connectivity index (χ2v) is 4.54. The van der Waals surface area contributed by atoms with E-state index in [-0.39, 0.29) is 5.91 Å². The molecule has 0 bridgehead atoms. The lowest BCUT2D eigenvalue weighted by Crippen LogP contribution is -2.18. The number of fused-ring (bicyclic) bond motifs is 1. The highest BCUT2D eigenvalue weighted by atomic mass is 32.2. The minimum atomic E-state index is 0.0859. The van der Waals surface area contributed by atoms with Crippen molar-refractivity contribution in [2.24, 2.45) is 0 Å². The van der Waals surface area contributed by atoms with Crippen molar-refractivity contribution in [2.75, 3.05) is 11.1 Å². The second kappa shape index (κ2) is 4.11. The molecule has 0 atom stereocenters. The van der Waals surface area contributed by atoms with Gasteiger partial charge in [-0.3, -0.25) is 4.79 Å². The van der Waals surface area contributed by atoms with Gasteiger partial charge >= 0.3 is 0 Å². The molecule has 1 aliphatic rings. The van der Waals surface area contributed by atoms with Crippen LogP contribution in [0.3, 0.4) is 0 Å². The van der Waals surface area contributed by atoms with Gasteiger partial charge in [-0.2, -0.15) is 0 Å². The van der Waals surface area contributed by atoms with E-state index in [0.717, 1.165) is 10.6 Å². The van der Waals surface area contributed by atoms with Crippen molar-refractivity contribution in [1.82, 2.24) is 0 Å². The van der Waals surface area contributed by atoms with Gasteiger partial charge in [0.25, 0.3) is 0 Å². The van der Waals surface area contributed by atoms with Gasteiger partial charge in [0.1, 0.15) is 0 Å². The third-order valence-electron chi connectivity index (χ3n) is 2.50. The van der Waals surface area contributed by atoms with Crippen LogP contribution in [0.4, 0.5) is 5.69 Å². The monoisotopic (exact) mass is 219 g/mol. The molecule has 0 aliphatic carbocycles. The van der Waals surface area contributed by atoms with Gasteiger partial charge in [-0.1, -0.05) is 12.1 Å². The van der Waals surface area contributed by atoms with Crippen molar-refractivity contribution in [3.05, 3.63) is 29.8 Å². The summed E-state index contributed by atoms with van der Waals surface area (Å²) < 4.78 is 0. The van der Waals surface area contributed by atoms with Gasteiger partial charge in [-0.15, -0.1) is 11.8 Å². The summed E-state index contributed by atoms with van der Waals surface area (Å²) in [5.41, 5.74) is 3.33. The number of benzene rings is 1. The van der Waals surface area contributed by atoms with Crippen LogP contribution in [0.1, 0.15) is 19.4 Å². The van der Waals surface area contributed by atoms with Crippen LogP contribution >= 0.6 is 11.8 Å². The van der Waals surface area contributed by atoms with Crippen LogP contribution in [-0.4, -0.2) is 11.7 Å². The maximum absolute atomic E-state index is 11.2. The average Bonchev–Trinajstić information content (AvgIpc) is 2.27. The Balaban J connectivity index is 2.41. The van der Waals surface area contributed by atoms with Crippen LogP contribution in [-0.2, 0) is 4.79 Å². The van der Waals surface area contributed by atoms with E-state index in [0.29, 0.717) is 5.75 Å². The molecule has 2 nitrogen and oxygen atoms in total. The number of nitrogens with one attached hydrogen (secondary N) is 1. The highest BCUT2D eigenvalue weighted by Gasteiger charge is 2.15. The summed E-state index contributed by atoms with van der Waals surface area (Å²) >= 11 is 1.59. The Morgan fingerprint density at radius 3 is 3.07 bits per heavy atom. The van der Waals surface area contributed by atoms with E-state index in [1.165, 1.54) is 11.1 Å². The number of hydrogen-bond acceptors (Lipinski definition) is 2. The minimum absolute atomic E-state index is 0.0859. The summed E-state index contributed by atoms with van der Waals surface area (Å²) in [7, 11) is 0. The lowest BCUT2D eigenvalue weighted by atomic mass is 10.1. The van der Waals surface area contributed by atoms with Crippen molar-refractivity contribution in [3.63, 3.8) is 0 Å². The predicted molar refractivity (Wildman–Crippen MR) is 65.1 cm³/mol. The molecule has 0 spiro atoms. The topological polar surface area (TPSA) is 29.1 Å². The molecule has 0 saturated heterocycles. The third kappa shape index (κ3) is 2.07. The number of carbonyl (C=O) groups excluding carboxylic acids is 1. The summed E-state index contributed by atoms with van der Waals surface area (Å²) in [6.45, 7) is 4.08. The fourth-order valence-electron chi connectivity index (χ4n) is 1.50. The zero-order valence-electron chi connectivity index (χ0n) is 8.83. The maximum Gasteiger partial charge on any atom is 0.234 e. The molecule has 1 N–H and O–H groups in total. The standard InChI is InChI=1S/C12H13NOS/c1-3-8(2)9-4-5-11-10(6-9)13-12(14)7-15-11/h3-6H,7H2,1-2H3,(H,13,14). The number of anilines is 1. The van der Waals surface area contributed by atoms with Crippen LogP contribution in [0.2, 0.25) is 0 Å². The molecule has 3 heteroatoms. The number of carbonyl (C=O) groups is 1. The van der Waals surface area contributed by atoms with Gasteiger partial charge < -0.3 is 5.32 Å². The van der Waals surface area contributed by atoms with Crippen LogP contribution in [0.25, 0.3) is 5.57 Å². The summed E-state index contributed by atoms with van der Waals surface area (Å²) in [6, 6.07) is 6.20. The quantitative estimate of drug-likeness (QED) is 0.786. The summed E-state index contributed by atoms with van der Waals surface area (Å²) in [6.07, 6.45) is 2.07. The first-order chi connectivity index (χ1) is 7.20. The van der Waals surface area contributed by atoms with Gasteiger partial charge in [0.05, 0.1) is 11.4 Å². The molecule has 0 fully saturated rings. The van der Waals surface area contributed by atoms with E-state index in [1.807, 2.05) is 13.0 Å². The highest BCUT2D eigenvalue weighted by molar-refractivity contribution is 8.00. The smallest absolute Gasteiger partial charge is 0.234 e. The first kappa shape index (κ1) is 10.3. The van der Waals surface area contributed by atoms with Crippen LogP contribution in [0.15, 0.2) is 29.2 Å². The largest absolute Gasteiger partial charge is 0.324 e. The number of rotatable bonds is 1. The van der Waals surface area contributed by atoms with Gasteiger partial charge in [-0.25, -0.2) is 0 Å². The summed E-state index contributed by atoms with van der Waals surface area (Å²) in [5, 5.41) is 2.89. The van der Waals surface area contributed by atoms with Crippen LogP contribution in [0, 0.1) is 0 Å². The van der Waals surface area contributed by atoms with E-state index in [4.69, 9.17) is 0 Å². The molecule has 2 rings (SSSR count).